The third-order valence-electron chi connectivity index (χ3n) is 4.18. The molecular weight excluding hydrogens is 324 g/mol. The van der Waals surface area contributed by atoms with Crippen molar-refractivity contribution >= 4 is 23.1 Å². The fourth-order valence-corrected chi connectivity index (χ4v) is 2.84. The molecule has 0 aliphatic carbocycles. The number of nitrogens with zero attached hydrogens (tertiary/aromatic N) is 3. The van der Waals surface area contributed by atoms with Crippen molar-refractivity contribution in [1.82, 2.24) is 9.97 Å². The standard InChI is InChI=1S/C21H22N4O/c1-4-25(17-8-6-5-7-9-17)20-13-19(22-14-23-20)21(26)24-18-11-10-15(2)12-16(18)3/h5-14H,4H2,1-3H3,(H,24,26). The van der Waals surface area contributed by atoms with E-state index in [1.807, 2.05) is 74.2 Å². The molecule has 1 heterocycles. The lowest BCUT2D eigenvalue weighted by Crippen LogP contribution is -2.20. The second kappa shape index (κ2) is 7.78. The fourth-order valence-electron chi connectivity index (χ4n) is 2.84. The maximum absolute atomic E-state index is 12.6. The second-order valence-corrected chi connectivity index (χ2v) is 6.11. The summed E-state index contributed by atoms with van der Waals surface area (Å²) in [5.74, 6) is 0.448. The van der Waals surface area contributed by atoms with E-state index in [9.17, 15) is 4.79 Å². The first-order chi connectivity index (χ1) is 12.6. The van der Waals surface area contributed by atoms with Gasteiger partial charge in [0.2, 0.25) is 0 Å². The molecule has 26 heavy (non-hydrogen) atoms. The molecular formula is C21H22N4O. The lowest BCUT2D eigenvalue weighted by atomic mass is 10.1. The number of hydrogen-bond acceptors (Lipinski definition) is 4. The Labute approximate surface area is 153 Å². The predicted molar refractivity (Wildman–Crippen MR) is 105 cm³/mol. The van der Waals surface area contributed by atoms with Gasteiger partial charge in [-0.15, -0.1) is 0 Å². The highest BCUT2D eigenvalue weighted by Crippen LogP contribution is 2.23. The molecule has 0 aliphatic heterocycles. The van der Waals surface area contributed by atoms with E-state index < -0.39 is 0 Å². The van der Waals surface area contributed by atoms with E-state index in [0.717, 1.165) is 29.0 Å². The summed E-state index contributed by atoms with van der Waals surface area (Å²) < 4.78 is 0. The largest absolute Gasteiger partial charge is 0.327 e. The van der Waals surface area contributed by atoms with Crippen molar-refractivity contribution in [3.63, 3.8) is 0 Å². The Morgan fingerprint density at radius 3 is 2.50 bits per heavy atom. The maximum atomic E-state index is 12.6. The van der Waals surface area contributed by atoms with Gasteiger partial charge in [0, 0.05) is 24.0 Å². The molecule has 3 aromatic rings. The van der Waals surface area contributed by atoms with Crippen molar-refractivity contribution in [2.24, 2.45) is 0 Å². The number of para-hydroxylation sites is 1. The van der Waals surface area contributed by atoms with Crippen LogP contribution < -0.4 is 10.2 Å². The average molecular weight is 346 g/mol. The fraction of sp³-hybridized carbons (Fsp3) is 0.190. The smallest absolute Gasteiger partial charge is 0.274 e. The summed E-state index contributed by atoms with van der Waals surface area (Å²) in [7, 11) is 0. The van der Waals surface area contributed by atoms with Gasteiger partial charge in [-0.05, 0) is 44.5 Å². The van der Waals surface area contributed by atoms with Crippen LogP contribution in [0.5, 0.6) is 0 Å². The lowest BCUT2D eigenvalue weighted by Gasteiger charge is -2.22. The molecule has 0 unspecified atom stereocenters. The third kappa shape index (κ3) is 3.88. The number of aryl methyl sites for hydroxylation is 2. The molecule has 0 atom stereocenters. The van der Waals surface area contributed by atoms with Crippen molar-refractivity contribution in [2.75, 3.05) is 16.8 Å². The predicted octanol–water partition coefficient (Wildman–Crippen LogP) is 4.50. The third-order valence-corrected chi connectivity index (χ3v) is 4.18. The normalized spacial score (nSPS) is 10.4. The highest BCUT2D eigenvalue weighted by molar-refractivity contribution is 6.03. The zero-order chi connectivity index (χ0) is 18.5. The minimum atomic E-state index is -0.246. The topological polar surface area (TPSA) is 58.1 Å². The quantitative estimate of drug-likeness (QED) is 0.739. The molecule has 1 amide bonds. The molecule has 3 rings (SSSR count). The molecule has 5 heteroatoms. The van der Waals surface area contributed by atoms with Gasteiger partial charge in [-0.1, -0.05) is 35.9 Å². The molecule has 0 spiro atoms. The molecule has 0 saturated heterocycles. The van der Waals surface area contributed by atoms with Crippen molar-refractivity contribution < 1.29 is 4.79 Å². The van der Waals surface area contributed by atoms with Crippen LogP contribution in [0.3, 0.4) is 0 Å². The Hall–Kier alpha value is -3.21. The molecule has 132 valence electrons. The summed E-state index contributed by atoms with van der Waals surface area (Å²) in [6.45, 7) is 6.78. The monoisotopic (exact) mass is 346 g/mol. The van der Waals surface area contributed by atoms with Crippen molar-refractivity contribution in [3.8, 4) is 0 Å². The Morgan fingerprint density at radius 2 is 1.81 bits per heavy atom. The highest BCUT2D eigenvalue weighted by Gasteiger charge is 2.14. The van der Waals surface area contributed by atoms with Crippen molar-refractivity contribution in [3.05, 3.63) is 77.7 Å². The summed E-state index contributed by atoms with van der Waals surface area (Å²) in [4.78, 5) is 23.2. The van der Waals surface area contributed by atoms with Crippen LogP contribution in [-0.4, -0.2) is 22.4 Å². The van der Waals surface area contributed by atoms with Crippen molar-refractivity contribution in [1.29, 1.82) is 0 Å². The van der Waals surface area contributed by atoms with Crippen LogP contribution >= 0.6 is 0 Å². The first kappa shape index (κ1) is 17.6. The number of nitrogens with one attached hydrogen (secondary N) is 1. The van der Waals surface area contributed by atoms with Gasteiger partial charge in [0.15, 0.2) is 0 Å². The Bertz CT molecular complexity index is 909. The molecule has 0 radical (unpaired) electrons. The van der Waals surface area contributed by atoms with E-state index in [1.54, 1.807) is 6.07 Å². The molecule has 0 bridgehead atoms. The van der Waals surface area contributed by atoms with Gasteiger partial charge in [-0.25, -0.2) is 9.97 Å². The Kier molecular flexibility index (Phi) is 5.27. The average Bonchev–Trinajstić information content (AvgIpc) is 2.66. The molecule has 0 fully saturated rings. The van der Waals surface area contributed by atoms with Crippen LogP contribution in [0.25, 0.3) is 0 Å². The summed E-state index contributed by atoms with van der Waals surface area (Å²) >= 11 is 0. The molecule has 0 aliphatic rings. The highest BCUT2D eigenvalue weighted by atomic mass is 16.1. The molecule has 1 aromatic heterocycles. The SMILES string of the molecule is CCN(c1ccccc1)c1cc(C(=O)Nc2ccc(C)cc2C)ncn1. The number of carbonyl (C=O) groups is 1. The number of rotatable bonds is 5. The number of hydrogen-bond donors (Lipinski definition) is 1. The zero-order valence-electron chi connectivity index (χ0n) is 15.2. The first-order valence-corrected chi connectivity index (χ1v) is 8.61. The van der Waals surface area contributed by atoms with Crippen LogP contribution in [-0.2, 0) is 0 Å². The summed E-state index contributed by atoms with van der Waals surface area (Å²) in [5, 5.41) is 2.93. The van der Waals surface area contributed by atoms with Crippen LogP contribution in [0.4, 0.5) is 17.2 Å². The molecule has 1 N–H and O–H groups in total. The van der Waals surface area contributed by atoms with E-state index in [-0.39, 0.29) is 5.91 Å². The zero-order valence-corrected chi connectivity index (χ0v) is 15.2. The minimum Gasteiger partial charge on any atom is -0.327 e. The van der Waals surface area contributed by atoms with Crippen LogP contribution in [0.2, 0.25) is 0 Å². The van der Waals surface area contributed by atoms with Gasteiger partial charge in [-0.2, -0.15) is 0 Å². The number of anilines is 3. The molecule has 5 nitrogen and oxygen atoms in total. The van der Waals surface area contributed by atoms with Gasteiger partial charge < -0.3 is 10.2 Å². The lowest BCUT2D eigenvalue weighted by molar-refractivity contribution is 0.102. The van der Waals surface area contributed by atoms with Gasteiger partial charge in [-0.3, -0.25) is 4.79 Å². The van der Waals surface area contributed by atoms with Crippen molar-refractivity contribution in [2.45, 2.75) is 20.8 Å². The summed E-state index contributed by atoms with van der Waals surface area (Å²) in [6, 6.07) is 17.6. The number of benzene rings is 2. The Morgan fingerprint density at radius 1 is 1.04 bits per heavy atom. The van der Waals surface area contributed by atoms with Gasteiger partial charge in [0.05, 0.1) is 0 Å². The van der Waals surface area contributed by atoms with Crippen LogP contribution in [0.15, 0.2) is 60.9 Å². The summed E-state index contributed by atoms with van der Waals surface area (Å²) in [5.41, 5.74) is 4.33. The number of amides is 1. The van der Waals surface area contributed by atoms with E-state index in [1.165, 1.54) is 6.33 Å². The minimum absolute atomic E-state index is 0.246. The van der Waals surface area contributed by atoms with Gasteiger partial charge >= 0.3 is 0 Å². The first-order valence-electron chi connectivity index (χ1n) is 8.61. The second-order valence-electron chi connectivity index (χ2n) is 6.11. The molecule has 0 saturated carbocycles. The van der Waals surface area contributed by atoms with Crippen LogP contribution in [0, 0.1) is 13.8 Å². The van der Waals surface area contributed by atoms with E-state index >= 15 is 0 Å². The van der Waals surface area contributed by atoms with Gasteiger partial charge in [0.25, 0.3) is 5.91 Å². The van der Waals surface area contributed by atoms with Gasteiger partial charge in [0.1, 0.15) is 17.8 Å². The molecule has 2 aromatic carbocycles. The van der Waals surface area contributed by atoms with Crippen LogP contribution in [0.1, 0.15) is 28.5 Å². The Balaban J connectivity index is 1.85. The number of aromatic nitrogens is 2. The summed E-state index contributed by atoms with van der Waals surface area (Å²) in [6.07, 6.45) is 1.43. The van der Waals surface area contributed by atoms with E-state index in [4.69, 9.17) is 0 Å². The number of carbonyl (C=O) groups excluding carboxylic acids is 1. The van der Waals surface area contributed by atoms with E-state index in [0.29, 0.717) is 11.5 Å². The van der Waals surface area contributed by atoms with E-state index in [2.05, 4.69) is 15.3 Å². The maximum Gasteiger partial charge on any atom is 0.274 e.